The molecule has 0 aromatic heterocycles. The first-order valence-electron chi connectivity index (χ1n) is 12.4. The summed E-state index contributed by atoms with van der Waals surface area (Å²) < 4.78 is 0.952. The Morgan fingerprint density at radius 3 is 2.41 bits per heavy atom. The van der Waals surface area contributed by atoms with Crippen molar-refractivity contribution in [1.29, 1.82) is 0 Å². The maximum absolute atomic E-state index is 12.6. The van der Waals surface area contributed by atoms with Crippen LogP contribution in [0.25, 0.3) is 0 Å². The number of benzene rings is 3. The maximum atomic E-state index is 12.6. The van der Waals surface area contributed by atoms with Crippen LogP contribution in [0.4, 0.5) is 5.69 Å². The van der Waals surface area contributed by atoms with Crippen LogP contribution < -0.4 is 5.32 Å². The molecule has 0 saturated heterocycles. The lowest BCUT2D eigenvalue weighted by molar-refractivity contribution is -0.144. The molecule has 2 aliphatic rings. The van der Waals surface area contributed by atoms with Gasteiger partial charge in [0.25, 0.3) is 0 Å². The van der Waals surface area contributed by atoms with Crippen LogP contribution in [0.1, 0.15) is 55.2 Å². The molecular weight excluding hydrogens is 486 g/mol. The number of aliphatic carboxylic acids is 1. The lowest BCUT2D eigenvalue weighted by Crippen LogP contribution is -2.53. The Hall–Kier alpha value is -2.59. The molecule has 1 fully saturated rings. The summed E-state index contributed by atoms with van der Waals surface area (Å²) in [6, 6.07) is 27.5. The first kappa shape index (κ1) is 23.2. The van der Waals surface area contributed by atoms with Gasteiger partial charge in [0.2, 0.25) is 0 Å². The van der Waals surface area contributed by atoms with Crippen molar-refractivity contribution in [2.24, 2.45) is 5.92 Å². The van der Waals surface area contributed by atoms with Gasteiger partial charge in [0.1, 0.15) is 5.54 Å². The lowest BCUT2D eigenvalue weighted by Gasteiger charge is -2.47. The van der Waals surface area contributed by atoms with E-state index in [0.717, 1.165) is 35.8 Å². The van der Waals surface area contributed by atoms with E-state index in [4.69, 9.17) is 0 Å². The smallest absolute Gasteiger partial charge is 0.329 e. The van der Waals surface area contributed by atoms with Gasteiger partial charge in [-0.05, 0) is 97.6 Å². The van der Waals surface area contributed by atoms with Gasteiger partial charge < -0.3 is 10.4 Å². The van der Waals surface area contributed by atoms with Crippen molar-refractivity contribution in [2.75, 3.05) is 5.32 Å². The number of rotatable bonds is 7. The van der Waals surface area contributed by atoms with E-state index in [1.807, 2.05) is 24.3 Å². The van der Waals surface area contributed by atoms with E-state index in [1.165, 1.54) is 29.5 Å². The van der Waals surface area contributed by atoms with Crippen LogP contribution in [0.3, 0.4) is 0 Å². The highest BCUT2D eigenvalue weighted by Crippen LogP contribution is 2.55. The Morgan fingerprint density at radius 1 is 0.941 bits per heavy atom. The monoisotopic (exact) mass is 517 g/mol. The Kier molecular flexibility index (Phi) is 6.52. The molecule has 176 valence electrons. The molecule has 1 unspecified atom stereocenters. The summed E-state index contributed by atoms with van der Waals surface area (Å²) in [6.07, 6.45) is 7.67. The summed E-state index contributed by atoms with van der Waals surface area (Å²) in [7, 11) is 0. The van der Waals surface area contributed by atoms with Gasteiger partial charge in [-0.15, -0.1) is 0 Å². The van der Waals surface area contributed by atoms with E-state index < -0.39 is 11.5 Å². The summed E-state index contributed by atoms with van der Waals surface area (Å²) in [5.74, 6) is -0.166. The SMILES string of the molecule is O=C(O)C1(Nc2cccc(Br)c2)CCC2(CC1)c1ccccc1CC2CCCc1ccccc1. The van der Waals surface area contributed by atoms with Crippen LogP contribution in [-0.4, -0.2) is 16.6 Å². The fourth-order valence-electron chi connectivity index (χ4n) is 6.48. The van der Waals surface area contributed by atoms with E-state index >= 15 is 0 Å². The second-order valence-corrected chi connectivity index (χ2v) is 11.0. The van der Waals surface area contributed by atoms with Crippen LogP contribution in [0.15, 0.2) is 83.3 Å². The van der Waals surface area contributed by atoms with Gasteiger partial charge in [-0.1, -0.05) is 76.6 Å². The Morgan fingerprint density at radius 2 is 1.68 bits per heavy atom. The molecule has 0 amide bonds. The highest BCUT2D eigenvalue weighted by Gasteiger charge is 2.53. The molecule has 1 spiro atoms. The van der Waals surface area contributed by atoms with E-state index in [2.05, 4.69) is 75.8 Å². The summed E-state index contributed by atoms with van der Waals surface area (Å²) in [5, 5.41) is 13.7. The largest absolute Gasteiger partial charge is 0.480 e. The van der Waals surface area contributed by atoms with Crippen molar-refractivity contribution < 1.29 is 9.90 Å². The Bertz CT molecular complexity index is 1150. The molecule has 2 N–H and O–H groups in total. The number of hydrogen-bond acceptors (Lipinski definition) is 2. The molecule has 1 saturated carbocycles. The number of nitrogens with one attached hydrogen (secondary N) is 1. The van der Waals surface area contributed by atoms with E-state index in [0.29, 0.717) is 18.8 Å². The molecule has 3 aromatic carbocycles. The first-order chi connectivity index (χ1) is 16.5. The molecule has 3 nitrogen and oxygen atoms in total. The molecule has 2 aliphatic carbocycles. The van der Waals surface area contributed by atoms with Crippen LogP contribution in [0.2, 0.25) is 0 Å². The third-order valence-electron chi connectivity index (χ3n) is 8.28. The summed E-state index contributed by atoms with van der Waals surface area (Å²) in [6.45, 7) is 0. The lowest BCUT2D eigenvalue weighted by atomic mass is 9.60. The third-order valence-corrected chi connectivity index (χ3v) is 8.77. The normalized spacial score (nSPS) is 25.7. The second kappa shape index (κ2) is 9.58. The summed E-state index contributed by atoms with van der Waals surface area (Å²) in [5.41, 5.74) is 4.37. The number of carboxylic acid groups (broad SMARTS) is 1. The second-order valence-electron chi connectivity index (χ2n) is 10.1. The molecule has 0 aliphatic heterocycles. The van der Waals surface area contributed by atoms with Gasteiger partial charge in [-0.3, -0.25) is 0 Å². The fourth-order valence-corrected chi connectivity index (χ4v) is 6.87. The average molecular weight is 518 g/mol. The number of carboxylic acids is 1. The minimum Gasteiger partial charge on any atom is -0.480 e. The van der Waals surface area contributed by atoms with Crippen LogP contribution in [0, 0.1) is 5.92 Å². The average Bonchev–Trinajstić information content (AvgIpc) is 3.14. The predicted octanol–water partition coefficient (Wildman–Crippen LogP) is 7.39. The van der Waals surface area contributed by atoms with Crippen molar-refractivity contribution in [2.45, 2.75) is 62.3 Å². The fraction of sp³-hybridized carbons (Fsp3) is 0.367. The van der Waals surface area contributed by atoms with Crippen molar-refractivity contribution in [3.8, 4) is 0 Å². The standard InChI is InChI=1S/C30H32BrNO2/c31-25-13-7-14-26(21-25)32-30(28(33)34)18-16-29(17-19-30)24(20-23-11-4-5-15-27(23)29)12-6-10-22-8-2-1-3-9-22/h1-5,7-9,11,13-15,21,24,32H,6,10,12,16-20H2,(H,33,34). The van der Waals surface area contributed by atoms with Gasteiger partial charge >= 0.3 is 5.97 Å². The highest BCUT2D eigenvalue weighted by molar-refractivity contribution is 9.10. The van der Waals surface area contributed by atoms with Gasteiger partial charge in [0, 0.05) is 10.2 Å². The topological polar surface area (TPSA) is 49.3 Å². The zero-order valence-corrected chi connectivity index (χ0v) is 21.1. The summed E-state index contributed by atoms with van der Waals surface area (Å²) >= 11 is 3.51. The minimum atomic E-state index is -0.918. The van der Waals surface area contributed by atoms with Gasteiger partial charge in [0.05, 0.1) is 0 Å². The van der Waals surface area contributed by atoms with Crippen molar-refractivity contribution in [1.82, 2.24) is 0 Å². The molecule has 0 heterocycles. The number of anilines is 1. The van der Waals surface area contributed by atoms with Gasteiger partial charge in [-0.25, -0.2) is 4.79 Å². The van der Waals surface area contributed by atoms with Gasteiger partial charge in [0.15, 0.2) is 0 Å². The van der Waals surface area contributed by atoms with Crippen molar-refractivity contribution >= 4 is 27.6 Å². The molecule has 5 rings (SSSR count). The minimum absolute atomic E-state index is 0.0885. The number of hydrogen-bond donors (Lipinski definition) is 2. The van der Waals surface area contributed by atoms with Crippen molar-refractivity contribution in [3.05, 3.63) is 100 Å². The molecule has 1 atom stereocenters. The van der Waals surface area contributed by atoms with Crippen LogP contribution in [0.5, 0.6) is 0 Å². The van der Waals surface area contributed by atoms with Crippen LogP contribution >= 0.6 is 15.9 Å². The molecule has 4 heteroatoms. The molecular formula is C30H32BrNO2. The van der Waals surface area contributed by atoms with E-state index in [1.54, 1.807) is 0 Å². The quantitative estimate of drug-likeness (QED) is 0.343. The third kappa shape index (κ3) is 4.40. The number of aryl methyl sites for hydroxylation is 1. The number of carbonyl (C=O) groups is 1. The van der Waals surface area contributed by atoms with Gasteiger partial charge in [-0.2, -0.15) is 0 Å². The first-order valence-corrected chi connectivity index (χ1v) is 13.2. The number of fused-ring (bicyclic) bond motifs is 2. The zero-order chi connectivity index (χ0) is 23.6. The predicted molar refractivity (Wildman–Crippen MR) is 141 cm³/mol. The van der Waals surface area contributed by atoms with E-state index in [9.17, 15) is 9.90 Å². The molecule has 0 bridgehead atoms. The Labute approximate surface area is 210 Å². The summed E-state index contributed by atoms with van der Waals surface area (Å²) in [4.78, 5) is 12.6. The zero-order valence-electron chi connectivity index (χ0n) is 19.5. The highest BCUT2D eigenvalue weighted by atomic mass is 79.9. The van der Waals surface area contributed by atoms with Crippen molar-refractivity contribution in [3.63, 3.8) is 0 Å². The Balaban J connectivity index is 1.36. The molecule has 3 aromatic rings. The molecule has 0 radical (unpaired) electrons. The molecule has 34 heavy (non-hydrogen) atoms. The maximum Gasteiger partial charge on any atom is 0.329 e. The van der Waals surface area contributed by atoms with Crippen LogP contribution in [-0.2, 0) is 23.1 Å². The van der Waals surface area contributed by atoms with E-state index in [-0.39, 0.29) is 5.41 Å². The number of halogens is 1.